The SMILES string of the molecule is C=CCNC1=N[C@@H]2[C@@H](O)[C@H](O)[C@@H](CO)S[C@@H]2C1. The minimum absolute atomic E-state index is 0.123. The van der Waals surface area contributed by atoms with Crippen LogP contribution < -0.4 is 5.32 Å². The Hall–Kier alpha value is -0.560. The van der Waals surface area contributed by atoms with E-state index in [4.69, 9.17) is 5.11 Å². The highest BCUT2D eigenvalue weighted by molar-refractivity contribution is 8.00. The molecule has 0 bridgehead atoms. The Morgan fingerprint density at radius 1 is 1.47 bits per heavy atom. The number of thioether (sulfide) groups is 1. The van der Waals surface area contributed by atoms with Crippen molar-refractivity contribution in [2.24, 2.45) is 4.99 Å². The van der Waals surface area contributed by atoms with E-state index in [1.54, 1.807) is 6.08 Å². The molecule has 96 valence electrons. The molecular formula is C11H18N2O3S. The van der Waals surface area contributed by atoms with Crippen molar-refractivity contribution in [2.45, 2.75) is 35.2 Å². The van der Waals surface area contributed by atoms with Gasteiger partial charge in [-0.25, -0.2) is 0 Å². The van der Waals surface area contributed by atoms with Crippen LogP contribution in [0.5, 0.6) is 0 Å². The maximum Gasteiger partial charge on any atom is 0.104 e. The third-order valence-electron chi connectivity index (χ3n) is 3.14. The second-order valence-corrected chi connectivity index (χ2v) is 5.80. The van der Waals surface area contributed by atoms with Crippen molar-refractivity contribution in [3.05, 3.63) is 12.7 Å². The van der Waals surface area contributed by atoms with Crippen LogP contribution in [-0.4, -0.2) is 63.1 Å². The molecule has 0 radical (unpaired) electrons. The smallest absolute Gasteiger partial charge is 0.104 e. The van der Waals surface area contributed by atoms with Gasteiger partial charge in [-0.1, -0.05) is 6.08 Å². The van der Waals surface area contributed by atoms with Gasteiger partial charge < -0.3 is 20.6 Å². The zero-order valence-electron chi connectivity index (χ0n) is 9.49. The molecular weight excluding hydrogens is 240 g/mol. The Morgan fingerprint density at radius 2 is 2.24 bits per heavy atom. The van der Waals surface area contributed by atoms with Gasteiger partial charge >= 0.3 is 0 Å². The summed E-state index contributed by atoms with van der Waals surface area (Å²) < 4.78 is 0. The van der Waals surface area contributed by atoms with E-state index in [1.165, 1.54) is 11.8 Å². The highest BCUT2D eigenvalue weighted by atomic mass is 32.2. The number of hydrogen-bond acceptors (Lipinski definition) is 6. The zero-order valence-corrected chi connectivity index (χ0v) is 10.3. The summed E-state index contributed by atoms with van der Waals surface area (Å²) >= 11 is 1.51. The molecule has 2 rings (SSSR count). The van der Waals surface area contributed by atoms with Gasteiger partial charge in [0.15, 0.2) is 0 Å². The van der Waals surface area contributed by atoms with Crippen molar-refractivity contribution in [1.29, 1.82) is 0 Å². The number of nitrogens with zero attached hydrogens (tertiary/aromatic N) is 1. The molecule has 6 heteroatoms. The third-order valence-corrected chi connectivity index (χ3v) is 4.71. The molecule has 0 aliphatic carbocycles. The molecule has 2 heterocycles. The monoisotopic (exact) mass is 258 g/mol. The number of rotatable bonds is 3. The Labute approximate surface area is 105 Å². The lowest BCUT2D eigenvalue weighted by Gasteiger charge is -2.37. The lowest BCUT2D eigenvalue weighted by Crippen LogP contribution is -2.51. The summed E-state index contributed by atoms with van der Waals surface area (Å²) in [6.07, 6.45) is 0.693. The summed E-state index contributed by atoms with van der Waals surface area (Å²) in [5.41, 5.74) is 0. The van der Waals surface area contributed by atoms with Gasteiger partial charge in [-0.2, -0.15) is 0 Å². The molecule has 0 unspecified atom stereocenters. The molecule has 0 aromatic rings. The molecule has 0 aromatic heterocycles. The Balaban J connectivity index is 2.04. The van der Waals surface area contributed by atoms with E-state index in [9.17, 15) is 10.2 Å². The van der Waals surface area contributed by atoms with E-state index in [0.717, 1.165) is 12.3 Å². The van der Waals surface area contributed by atoms with Crippen molar-refractivity contribution >= 4 is 17.6 Å². The fourth-order valence-corrected chi connectivity index (χ4v) is 3.73. The molecule has 17 heavy (non-hydrogen) atoms. The highest BCUT2D eigenvalue weighted by Gasteiger charge is 2.46. The summed E-state index contributed by atoms with van der Waals surface area (Å²) in [4.78, 5) is 4.39. The average molecular weight is 258 g/mol. The van der Waals surface area contributed by atoms with Gasteiger partial charge in [0.05, 0.1) is 29.8 Å². The third kappa shape index (κ3) is 2.49. The van der Waals surface area contributed by atoms with Gasteiger partial charge in [0.2, 0.25) is 0 Å². The number of aliphatic hydroxyl groups is 3. The minimum atomic E-state index is -0.909. The van der Waals surface area contributed by atoms with Crippen LogP contribution in [-0.2, 0) is 0 Å². The average Bonchev–Trinajstić information content (AvgIpc) is 2.74. The fraction of sp³-hybridized carbons (Fsp3) is 0.727. The van der Waals surface area contributed by atoms with Crippen molar-refractivity contribution < 1.29 is 15.3 Å². The van der Waals surface area contributed by atoms with Gasteiger partial charge in [0.1, 0.15) is 6.10 Å². The van der Waals surface area contributed by atoms with Crippen LogP contribution >= 0.6 is 11.8 Å². The summed E-state index contributed by atoms with van der Waals surface area (Å²) in [6.45, 7) is 4.14. The van der Waals surface area contributed by atoms with Crippen LogP contribution in [0.4, 0.5) is 0 Å². The lowest BCUT2D eigenvalue weighted by molar-refractivity contribution is -0.00798. The van der Waals surface area contributed by atoms with Gasteiger partial charge in [-0.3, -0.25) is 4.99 Å². The van der Waals surface area contributed by atoms with Crippen molar-refractivity contribution in [3.8, 4) is 0 Å². The molecule has 0 spiro atoms. The van der Waals surface area contributed by atoms with Crippen LogP contribution in [0.2, 0.25) is 0 Å². The number of nitrogens with one attached hydrogen (secondary N) is 1. The topological polar surface area (TPSA) is 85.1 Å². The molecule has 0 saturated carbocycles. The molecule has 0 aromatic carbocycles. The van der Waals surface area contributed by atoms with Gasteiger partial charge in [0, 0.05) is 18.2 Å². The van der Waals surface area contributed by atoms with Crippen LogP contribution in [0, 0.1) is 0 Å². The Bertz CT molecular complexity index is 324. The molecule has 4 N–H and O–H groups in total. The standard InChI is InChI=1S/C11H18N2O3S/c1-2-3-12-8-4-6-9(13-8)11(16)10(15)7(5-14)17-6/h2,6-7,9-11,14-16H,1,3-5H2,(H,12,13)/t6-,7-,9+,10-,11-/m1/s1. The predicted molar refractivity (Wildman–Crippen MR) is 68.3 cm³/mol. The van der Waals surface area contributed by atoms with E-state index in [0.29, 0.717) is 6.54 Å². The van der Waals surface area contributed by atoms with Crippen LogP contribution in [0.3, 0.4) is 0 Å². The van der Waals surface area contributed by atoms with Gasteiger partial charge in [-0.15, -0.1) is 18.3 Å². The van der Waals surface area contributed by atoms with E-state index in [-0.39, 0.29) is 23.1 Å². The molecule has 2 aliphatic rings. The first-order valence-electron chi connectivity index (χ1n) is 5.71. The highest BCUT2D eigenvalue weighted by Crippen LogP contribution is 2.38. The van der Waals surface area contributed by atoms with Crippen molar-refractivity contribution in [3.63, 3.8) is 0 Å². The summed E-state index contributed by atoms with van der Waals surface area (Å²) in [5, 5.41) is 31.9. The van der Waals surface area contributed by atoms with Gasteiger partial charge in [-0.05, 0) is 0 Å². The first-order chi connectivity index (χ1) is 8.17. The lowest BCUT2D eigenvalue weighted by atomic mass is 10.00. The second kappa shape index (κ2) is 5.39. The summed E-state index contributed by atoms with van der Waals surface area (Å²) in [7, 11) is 0. The maximum absolute atomic E-state index is 9.96. The molecule has 1 fully saturated rings. The van der Waals surface area contributed by atoms with E-state index in [2.05, 4.69) is 16.9 Å². The van der Waals surface area contributed by atoms with E-state index < -0.39 is 12.2 Å². The zero-order chi connectivity index (χ0) is 12.4. The normalized spacial score (nSPS) is 40.6. The van der Waals surface area contributed by atoms with Crippen LogP contribution in [0.1, 0.15) is 6.42 Å². The largest absolute Gasteiger partial charge is 0.395 e. The van der Waals surface area contributed by atoms with Crippen LogP contribution in [0.15, 0.2) is 17.6 Å². The fourth-order valence-electron chi connectivity index (χ4n) is 2.24. The number of fused-ring (bicyclic) bond motifs is 1. The van der Waals surface area contributed by atoms with E-state index >= 15 is 0 Å². The van der Waals surface area contributed by atoms with Crippen LogP contribution in [0.25, 0.3) is 0 Å². The number of amidine groups is 1. The second-order valence-electron chi connectivity index (χ2n) is 4.32. The molecule has 5 atom stereocenters. The number of aliphatic imine (C=N–C) groups is 1. The quantitative estimate of drug-likeness (QED) is 0.495. The Kier molecular flexibility index (Phi) is 4.09. The maximum atomic E-state index is 9.96. The summed E-state index contributed by atoms with van der Waals surface area (Å²) in [6, 6.07) is -0.273. The van der Waals surface area contributed by atoms with Gasteiger partial charge in [0.25, 0.3) is 0 Å². The van der Waals surface area contributed by atoms with E-state index in [1.807, 2.05) is 0 Å². The first kappa shape index (κ1) is 12.9. The molecule has 0 amide bonds. The number of hydrogen-bond donors (Lipinski definition) is 4. The first-order valence-corrected chi connectivity index (χ1v) is 6.65. The number of aliphatic hydroxyl groups excluding tert-OH is 3. The van der Waals surface area contributed by atoms with Crippen molar-refractivity contribution in [2.75, 3.05) is 13.2 Å². The predicted octanol–water partition coefficient (Wildman–Crippen LogP) is -0.869. The summed E-state index contributed by atoms with van der Waals surface area (Å²) in [5.74, 6) is 0.845. The van der Waals surface area contributed by atoms with Crippen molar-refractivity contribution in [1.82, 2.24) is 5.32 Å². The molecule has 1 saturated heterocycles. The Morgan fingerprint density at radius 3 is 2.88 bits per heavy atom. The minimum Gasteiger partial charge on any atom is -0.395 e. The molecule has 5 nitrogen and oxygen atoms in total. The molecule has 2 aliphatic heterocycles.